The van der Waals surface area contributed by atoms with Gasteiger partial charge in [-0.05, 0) is 40.3 Å². The molecule has 4 heteroatoms. The largest absolute Gasteiger partial charge is 0.390 e. The molecule has 1 heterocycles. The van der Waals surface area contributed by atoms with Crippen LogP contribution < -0.4 is 0 Å². The molecule has 16 heavy (non-hydrogen) atoms. The molecule has 0 radical (unpaired) electrons. The van der Waals surface area contributed by atoms with Gasteiger partial charge in [0.1, 0.15) is 0 Å². The third-order valence-corrected chi connectivity index (χ3v) is 4.37. The first-order valence-electron chi connectivity index (χ1n) is 5.37. The first-order chi connectivity index (χ1) is 7.75. The minimum Gasteiger partial charge on any atom is -0.390 e. The smallest absolute Gasteiger partial charge is 0.0927 e. The number of aliphatic hydroxyl groups is 1. The highest BCUT2D eigenvalue weighted by atomic mass is 127. The fourth-order valence-corrected chi connectivity index (χ4v) is 3.01. The Labute approximate surface area is 114 Å². The second-order valence-corrected chi connectivity index (χ2v) is 6.28. The topological polar surface area (TPSA) is 29.5 Å². The van der Waals surface area contributed by atoms with E-state index in [-0.39, 0.29) is 12.2 Å². The van der Waals surface area contributed by atoms with Gasteiger partial charge >= 0.3 is 0 Å². The lowest BCUT2D eigenvalue weighted by Crippen LogP contribution is -2.36. The summed E-state index contributed by atoms with van der Waals surface area (Å²) in [6.07, 6.45) is 0.299. The van der Waals surface area contributed by atoms with E-state index in [4.69, 9.17) is 4.74 Å². The molecule has 2 nitrogen and oxygen atoms in total. The Kier molecular flexibility index (Phi) is 4.94. The number of thioether (sulfide) groups is 1. The maximum Gasteiger partial charge on any atom is 0.0927 e. The minimum absolute atomic E-state index is 0.00183. The fraction of sp³-hybridized carbons (Fsp3) is 0.500. The summed E-state index contributed by atoms with van der Waals surface area (Å²) in [4.78, 5) is 0. The second kappa shape index (κ2) is 6.23. The number of aliphatic hydroxyl groups excluding tert-OH is 1. The van der Waals surface area contributed by atoms with E-state index in [1.54, 1.807) is 0 Å². The summed E-state index contributed by atoms with van der Waals surface area (Å²) in [6.45, 7) is 0.763. The third-order valence-electron chi connectivity index (χ3n) is 2.63. The summed E-state index contributed by atoms with van der Waals surface area (Å²) in [5.41, 5.74) is 1.17. The van der Waals surface area contributed by atoms with Crippen molar-refractivity contribution in [2.24, 2.45) is 0 Å². The molecular formula is C12H15IO2S. The Morgan fingerprint density at radius 2 is 2.19 bits per heavy atom. The molecular weight excluding hydrogens is 335 g/mol. The van der Waals surface area contributed by atoms with Gasteiger partial charge < -0.3 is 9.84 Å². The quantitative estimate of drug-likeness (QED) is 0.849. The fourth-order valence-electron chi connectivity index (χ4n) is 1.72. The Hall–Kier alpha value is 0.220. The molecule has 0 aliphatic carbocycles. The SMILES string of the molecule is OC(Cc1ccc(I)cc1)C1CSCCO1. The van der Waals surface area contributed by atoms with Gasteiger partial charge in [-0.1, -0.05) is 12.1 Å². The van der Waals surface area contributed by atoms with E-state index in [0.29, 0.717) is 6.42 Å². The van der Waals surface area contributed by atoms with Crippen LogP contribution in [-0.2, 0) is 11.2 Å². The Balaban J connectivity index is 1.90. The third kappa shape index (κ3) is 3.61. The maximum atomic E-state index is 10.1. The first-order valence-corrected chi connectivity index (χ1v) is 7.61. The first kappa shape index (κ1) is 12.7. The van der Waals surface area contributed by atoms with Crippen molar-refractivity contribution in [2.45, 2.75) is 18.6 Å². The van der Waals surface area contributed by atoms with E-state index in [2.05, 4.69) is 46.9 Å². The van der Waals surface area contributed by atoms with E-state index in [1.165, 1.54) is 9.13 Å². The van der Waals surface area contributed by atoms with Crippen molar-refractivity contribution < 1.29 is 9.84 Å². The molecule has 1 aromatic carbocycles. The average Bonchev–Trinajstić information content (AvgIpc) is 2.33. The zero-order chi connectivity index (χ0) is 11.4. The van der Waals surface area contributed by atoms with Crippen LogP contribution in [0.1, 0.15) is 5.56 Å². The number of rotatable bonds is 3. The lowest BCUT2D eigenvalue weighted by atomic mass is 10.0. The van der Waals surface area contributed by atoms with Crippen LogP contribution in [0.2, 0.25) is 0 Å². The lowest BCUT2D eigenvalue weighted by Gasteiger charge is -2.26. The number of hydrogen-bond donors (Lipinski definition) is 1. The van der Waals surface area contributed by atoms with Gasteiger partial charge in [-0.15, -0.1) is 0 Å². The predicted molar refractivity (Wildman–Crippen MR) is 75.9 cm³/mol. The van der Waals surface area contributed by atoms with Gasteiger partial charge in [0.2, 0.25) is 0 Å². The standard InChI is InChI=1S/C12H15IO2S/c13-10-3-1-9(2-4-10)7-11(14)12-8-16-6-5-15-12/h1-4,11-12,14H,5-8H2. The number of benzene rings is 1. The van der Waals surface area contributed by atoms with Gasteiger partial charge in [0, 0.05) is 21.5 Å². The van der Waals surface area contributed by atoms with Crippen LogP contribution >= 0.6 is 34.4 Å². The molecule has 2 atom stereocenters. The molecule has 0 bridgehead atoms. The van der Waals surface area contributed by atoms with Crippen molar-refractivity contribution in [3.05, 3.63) is 33.4 Å². The van der Waals surface area contributed by atoms with Crippen LogP contribution in [0.15, 0.2) is 24.3 Å². The van der Waals surface area contributed by atoms with Crippen molar-refractivity contribution in [3.8, 4) is 0 Å². The van der Waals surface area contributed by atoms with Crippen LogP contribution in [0, 0.1) is 3.57 Å². The monoisotopic (exact) mass is 350 g/mol. The maximum absolute atomic E-state index is 10.1. The van der Waals surface area contributed by atoms with Crippen LogP contribution in [0.4, 0.5) is 0 Å². The molecule has 88 valence electrons. The van der Waals surface area contributed by atoms with Crippen LogP contribution in [0.3, 0.4) is 0 Å². The van der Waals surface area contributed by atoms with Crippen molar-refractivity contribution >= 4 is 34.4 Å². The van der Waals surface area contributed by atoms with Crippen molar-refractivity contribution in [1.29, 1.82) is 0 Å². The van der Waals surface area contributed by atoms with E-state index in [0.717, 1.165) is 18.1 Å². The average molecular weight is 350 g/mol. The van der Waals surface area contributed by atoms with Crippen molar-refractivity contribution in [1.82, 2.24) is 0 Å². The summed E-state index contributed by atoms with van der Waals surface area (Å²) >= 11 is 4.14. The van der Waals surface area contributed by atoms with Crippen LogP contribution in [-0.4, -0.2) is 35.4 Å². The molecule has 0 saturated carbocycles. The number of ether oxygens (including phenoxy) is 1. The molecule has 1 aromatic rings. The Morgan fingerprint density at radius 1 is 1.44 bits per heavy atom. The molecule has 1 aliphatic heterocycles. The predicted octanol–water partition coefficient (Wildman–Crippen LogP) is 2.33. The molecule has 1 saturated heterocycles. The Morgan fingerprint density at radius 3 is 2.81 bits per heavy atom. The van der Waals surface area contributed by atoms with Crippen LogP contribution in [0.25, 0.3) is 0 Å². The summed E-state index contributed by atoms with van der Waals surface area (Å²) in [7, 11) is 0. The zero-order valence-corrected chi connectivity index (χ0v) is 11.9. The summed E-state index contributed by atoms with van der Waals surface area (Å²) in [5, 5.41) is 10.1. The van der Waals surface area contributed by atoms with Gasteiger partial charge in [0.15, 0.2) is 0 Å². The summed E-state index contributed by atoms with van der Waals surface area (Å²) in [6, 6.07) is 8.28. The molecule has 0 spiro atoms. The molecule has 2 rings (SSSR count). The highest BCUT2D eigenvalue weighted by Gasteiger charge is 2.22. The molecule has 1 N–H and O–H groups in total. The normalized spacial score (nSPS) is 23.0. The lowest BCUT2D eigenvalue weighted by molar-refractivity contribution is -0.0207. The molecule has 2 unspecified atom stereocenters. The minimum atomic E-state index is -0.382. The van der Waals surface area contributed by atoms with Gasteiger partial charge in [-0.3, -0.25) is 0 Å². The molecule has 1 fully saturated rings. The van der Waals surface area contributed by atoms with Gasteiger partial charge in [-0.25, -0.2) is 0 Å². The highest BCUT2D eigenvalue weighted by molar-refractivity contribution is 14.1. The Bertz CT molecular complexity index is 322. The molecule has 0 aromatic heterocycles. The molecule has 0 amide bonds. The zero-order valence-electron chi connectivity index (χ0n) is 8.93. The highest BCUT2D eigenvalue weighted by Crippen LogP contribution is 2.18. The number of halogens is 1. The second-order valence-electron chi connectivity index (χ2n) is 3.88. The van der Waals surface area contributed by atoms with E-state index in [9.17, 15) is 5.11 Å². The van der Waals surface area contributed by atoms with E-state index in [1.807, 2.05) is 11.8 Å². The number of hydrogen-bond acceptors (Lipinski definition) is 3. The van der Waals surface area contributed by atoms with Gasteiger partial charge in [0.05, 0.1) is 18.8 Å². The van der Waals surface area contributed by atoms with E-state index >= 15 is 0 Å². The van der Waals surface area contributed by atoms with Gasteiger partial charge in [0.25, 0.3) is 0 Å². The molecule has 1 aliphatic rings. The van der Waals surface area contributed by atoms with Crippen molar-refractivity contribution in [2.75, 3.05) is 18.1 Å². The summed E-state index contributed by atoms with van der Waals surface area (Å²) in [5.74, 6) is 1.96. The van der Waals surface area contributed by atoms with Crippen molar-refractivity contribution in [3.63, 3.8) is 0 Å². The van der Waals surface area contributed by atoms with Gasteiger partial charge in [-0.2, -0.15) is 11.8 Å². The van der Waals surface area contributed by atoms with Crippen LogP contribution in [0.5, 0.6) is 0 Å². The van der Waals surface area contributed by atoms with E-state index < -0.39 is 0 Å². The summed E-state index contributed by atoms with van der Waals surface area (Å²) < 4.78 is 6.79.